The molecule has 6 nitrogen and oxygen atoms in total. The number of aliphatic hydroxyl groups excluding tert-OH is 1. The molecule has 0 fully saturated rings. The molecule has 0 aliphatic heterocycles. The van der Waals surface area contributed by atoms with Crippen molar-refractivity contribution in [1.82, 2.24) is 14.1 Å². The Bertz CT molecular complexity index is 529. The molecule has 1 aromatic rings. The molecule has 0 amide bonds. The minimum absolute atomic E-state index is 0.0865. The fraction of sp³-hybridized carbons (Fsp3) is 0.583. The smallest absolute Gasteiger partial charge is 0.246 e. The standard InChI is InChI=1S/C12H21N3O3S/c1-5-6-15(12(2,3)4)19(17,18)11-9-13-14(10-11)7-8-16/h5,9-10,16H,1,6-8H2,2-4H3. The van der Waals surface area contributed by atoms with E-state index in [-0.39, 0.29) is 24.6 Å². The Morgan fingerprint density at radius 1 is 1.53 bits per heavy atom. The first-order valence-electron chi connectivity index (χ1n) is 6.00. The minimum Gasteiger partial charge on any atom is -0.394 e. The van der Waals surface area contributed by atoms with Crippen molar-refractivity contribution in [2.45, 2.75) is 37.8 Å². The maximum atomic E-state index is 12.5. The van der Waals surface area contributed by atoms with E-state index in [9.17, 15) is 8.42 Å². The average Bonchev–Trinajstić information content (AvgIpc) is 2.74. The highest BCUT2D eigenvalue weighted by atomic mass is 32.2. The Morgan fingerprint density at radius 2 is 2.16 bits per heavy atom. The normalized spacial score (nSPS) is 12.9. The van der Waals surface area contributed by atoms with Crippen molar-refractivity contribution in [1.29, 1.82) is 0 Å². The molecule has 1 N–H and O–H groups in total. The van der Waals surface area contributed by atoms with Gasteiger partial charge in [0, 0.05) is 18.3 Å². The highest BCUT2D eigenvalue weighted by molar-refractivity contribution is 7.89. The average molecular weight is 287 g/mol. The molecule has 0 saturated heterocycles. The lowest BCUT2D eigenvalue weighted by Crippen LogP contribution is -2.45. The molecule has 108 valence electrons. The largest absolute Gasteiger partial charge is 0.394 e. The van der Waals surface area contributed by atoms with Crippen LogP contribution in [0.2, 0.25) is 0 Å². The van der Waals surface area contributed by atoms with Crippen molar-refractivity contribution >= 4 is 10.0 Å². The van der Waals surface area contributed by atoms with Crippen molar-refractivity contribution in [3.63, 3.8) is 0 Å². The van der Waals surface area contributed by atoms with E-state index < -0.39 is 15.6 Å². The highest BCUT2D eigenvalue weighted by Gasteiger charge is 2.33. The van der Waals surface area contributed by atoms with Gasteiger partial charge in [0.05, 0.1) is 19.3 Å². The zero-order valence-corrected chi connectivity index (χ0v) is 12.4. The molecule has 7 heteroatoms. The molecule has 19 heavy (non-hydrogen) atoms. The van der Waals surface area contributed by atoms with Crippen LogP contribution in [0.4, 0.5) is 0 Å². The lowest BCUT2D eigenvalue weighted by Gasteiger charge is -2.33. The van der Waals surface area contributed by atoms with E-state index in [1.54, 1.807) is 6.08 Å². The van der Waals surface area contributed by atoms with E-state index in [0.717, 1.165) is 0 Å². The zero-order chi connectivity index (χ0) is 14.7. The summed E-state index contributed by atoms with van der Waals surface area (Å²) in [5.41, 5.74) is -0.550. The van der Waals surface area contributed by atoms with Crippen molar-refractivity contribution in [3.05, 3.63) is 25.0 Å². The molecule has 0 aliphatic rings. The van der Waals surface area contributed by atoms with E-state index in [1.807, 2.05) is 20.8 Å². The summed E-state index contributed by atoms with van der Waals surface area (Å²) in [5.74, 6) is 0. The molecule has 0 spiro atoms. The molecule has 0 saturated carbocycles. The predicted molar refractivity (Wildman–Crippen MR) is 73.2 cm³/mol. The number of sulfonamides is 1. The quantitative estimate of drug-likeness (QED) is 0.787. The third kappa shape index (κ3) is 3.65. The van der Waals surface area contributed by atoms with E-state index in [1.165, 1.54) is 21.4 Å². The lowest BCUT2D eigenvalue weighted by atomic mass is 10.1. The molecule has 0 unspecified atom stereocenters. The van der Waals surface area contributed by atoms with E-state index >= 15 is 0 Å². The highest BCUT2D eigenvalue weighted by Crippen LogP contribution is 2.23. The van der Waals surface area contributed by atoms with Crippen LogP contribution in [0, 0.1) is 0 Å². The van der Waals surface area contributed by atoms with Gasteiger partial charge in [-0.15, -0.1) is 6.58 Å². The predicted octanol–water partition coefficient (Wildman–Crippen LogP) is 0.851. The van der Waals surface area contributed by atoms with Crippen LogP contribution in [0.25, 0.3) is 0 Å². The third-order valence-corrected chi connectivity index (χ3v) is 4.65. The maximum absolute atomic E-state index is 12.5. The number of aliphatic hydroxyl groups is 1. The van der Waals surface area contributed by atoms with Crippen LogP contribution in [0.1, 0.15) is 20.8 Å². The summed E-state index contributed by atoms with van der Waals surface area (Å²) in [6.07, 6.45) is 4.28. The molecule has 0 atom stereocenters. The topological polar surface area (TPSA) is 75.4 Å². The van der Waals surface area contributed by atoms with Gasteiger partial charge >= 0.3 is 0 Å². The van der Waals surface area contributed by atoms with Gasteiger partial charge in [0.2, 0.25) is 10.0 Å². The second-order valence-corrected chi connectivity index (χ2v) is 7.02. The Morgan fingerprint density at radius 3 is 2.63 bits per heavy atom. The van der Waals surface area contributed by atoms with Crippen LogP contribution < -0.4 is 0 Å². The summed E-state index contributed by atoms with van der Waals surface area (Å²) in [5, 5.41) is 12.7. The maximum Gasteiger partial charge on any atom is 0.246 e. The van der Waals surface area contributed by atoms with Gasteiger partial charge in [-0.25, -0.2) is 8.42 Å². The molecule has 1 heterocycles. The van der Waals surface area contributed by atoms with Crippen LogP contribution in [0.3, 0.4) is 0 Å². The number of nitrogens with zero attached hydrogens (tertiary/aromatic N) is 3. The van der Waals surface area contributed by atoms with Gasteiger partial charge in [0.25, 0.3) is 0 Å². The second-order valence-electron chi connectivity index (χ2n) is 5.16. The van der Waals surface area contributed by atoms with Gasteiger partial charge in [-0.2, -0.15) is 9.40 Å². The van der Waals surface area contributed by atoms with Crippen molar-refractivity contribution in [3.8, 4) is 0 Å². The number of hydrogen-bond donors (Lipinski definition) is 1. The SMILES string of the molecule is C=CCN(C(C)(C)C)S(=O)(=O)c1cnn(CCO)c1. The fourth-order valence-corrected chi connectivity index (χ4v) is 3.39. The monoisotopic (exact) mass is 287 g/mol. The third-order valence-electron chi connectivity index (χ3n) is 2.57. The molecule has 0 aromatic carbocycles. The summed E-state index contributed by atoms with van der Waals surface area (Å²) in [4.78, 5) is 0.123. The van der Waals surface area contributed by atoms with Crippen LogP contribution >= 0.6 is 0 Å². The fourth-order valence-electron chi connectivity index (χ4n) is 1.68. The van der Waals surface area contributed by atoms with E-state index in [0.29, 0.717) is 0 Å². The lowest BCUT2D eigenvalue weighted by molar-refractivity contribution is 0.267. The summed E-state index contributed by atoms with van der Waals surface area (Å²) >= 11 is 0. The molecule has 1 aromatic heterocycles. The number of rotatable bonds is 6. The summed E-state index contributed by atoms with van der Waals surface area (Å²) in [7, 11) is -3.62. The van der Waals surface area contributed by atoms with E-state index in [4.69, 9.17) is 5.11 Å². The van der Waals surface area contributed by atoms with Gasteiger partial charge in [0.15, 0.2) is 0 Å². The zero-order valence-electron chi connectivity index (χ0n) is 11.6. The molecule has 0 bridgehead atoms. The van der Waals surface area contributed by atoms with Crippen LogP contribution in [-0.2, 0) is 16.6 Å². The Kier molecular flexibility index (Phi) is 4.89. The molecule has 0 radical (unpaired) electrons. The van der Waals surface area contributed by atoms with Gasteiger partial charge in [0.1, 0.15) is 4.90 Å². The molecular formula is C12H21N3O3S. The Hall–Kier alpha value is -1.18. The van der Waals surface area contributed by atoms with Crippen molar-refractivity contribution in [2.75, 3.05) is 13.2 Å². The first kappa shape index (κ1) is 15.9. The summed E-state index contributed by atoms with van der Waals surface area (Å²) in [6.45, 7) is 9.49. The van der Waals surface area contributed by atoms with Gasteiger partial charge < -0.3 is 5.11 Å². The molecular weight excluding hydrogens is 266 g/mol. The first-order valence-corrected chi connectivity index (χ1v) is 7.44. The van der Waals surface area contributed by atoms with Gasteiger partial charge in [-0.05, 0) is 20.8 Å². The van der Waals surface area contributed by atoms with Crippen molar-refractivity contribution < 1.29 is 13.5 Å². The first-order chi connectivity index (χ1) is 8.73. The Labute approximate surface area is 114 Å². The van der Waals surface area contributed by atoms with Gasteiger partial charge in [-0.1, -0.05) is 6.08 Å². The number of aromatic nitrogens is 2. The molecule has 1 rings (SSSR count). The molecule has 0 aliphatic carbocycles. The summed E-state index contributed by atoms with van der Waals surface area (Å²) in [6, 6.07) is 0. The van der Waals surface area contributed by atoms with E-state index in [2.05, 4.69) is 11.7 Å². The van der Waals surface area contributed by atoms with Crippen LogP contribution in [0.5, 0.6) is 0 Å². The Balaban J connectivity index is 3.15. The number of hydrogen-bond acceptors (Lipinski definition) is 4. The minimum atomic E-state index is -3.62. The van der Waals surface area contributed by atoms with Crippen LogP contribution in [0.15, 0.2) is 29.9 Å². The summed E-state index contributed by atoms with van der Waals surface area (Å²) < 4.78 is 27.9. The van der Waals surface area contributed by atoms with Crippen molar-refractivity contribution in [2.24, 2.45) is 0 Å². The van der Waals surface area contributed by atoms with Crippen LogP contribution in [-0.4, -0.2) is 46.3 Å². The van der Waals surface area contributed by atoms with Gasteiger partial charge in [-0.3, -0.25) is 4.68 Å². The second kappa shape index (κ2) is 5.85.